The number of alkyl halides is 4. The average Bonchev–Trinajstić information content (AvgIpc) is 3.36. The molecule has 3 aromatic heterocycles. The number of aromatic nitrogens is 4. The van der Waals surface area contributed by atoms with Gasteiger partial charge in [0.05, 0.1) is 28.0 Å². The third-order valence-corrected chi connectivity index (χ3v) is 9.13. The van der Waals surface area contributed by atoms with E-state index in [1.54, 1.807) is 19.1 Å². The van der Waals surface area contributed by atoms with Crippen LogP contribution in [0.4, 0.5) is 23.5 Å². The lowest BCUT2D eigenvalue weighted by atomic mass is 9.96. The fourth-order valence-electron chi connectivity index (χ4n) is 5.17. The van der Waals surface area contributed by atoms with E-state index in [-0.39, 0.29) is 34.8 Å². The number of hydrogen-bond acceptors (Lipinski definition) is 7. The number of nitrogens with zero attached hydrogens (tertiary/aromatic N) is 4. The molecule has 0 saturated carbocycles. The molecule has 0 unspecified atom stereocenters. The van der Waals surface area contributed by atoms with E-state index in [4.69, 9.17) is 0 Å². The van der Waals surface area contributed by atoms with Crippen molar-refractivity contribution >= 4 is 37.8 Å². The van der Waals surface area contributed by atoms with E-state index in [1.807, 2.05) is 0 Å². The Labute approximate surface area is 238 Å². The molecule has 6 rings (SSSR count). The van der Waals surface area contributed by atoms with Crippen molar-refractivity contribution in [3.8, 4) is 11.1 Å². The van der Waals surface area contributed by atoms with Crippen molar-refractivity contribution in [2.75, 3.05) is 25.0 Å². The highest BCUT2D eigenvalue weighted by Gasteiger charge is 2.33. The molecule has 4 heterocycles. The molecule has 42 heavy (non-hydrogen) atoms. The zero-order chi connectivity index (χ0) is 29.7. The summed E-state index contributed by atoms with van der Waals surface area (Å²) in [5.74, 6) is 0.160. The molecule has 0 bridgehead atoms. The van der Waals surface area contributed by atoms with Crippen molar-refractivity contribution in [3.63, 3.8) is 0 Å². The lowest BCUT2D eigenvalue weighted by Gasteiger charge is -2.30. The van der Waals surface area contributed by atoms with Crippen LogP contribution in [0.1, 0.15) is 24.0 Å². The van der Waals surface area contributed by atoms with Crippen molar-refractivity contribution in [2.24, 2.45) is 0 Å². The number of halogens is 4. The van der Waals surface area contributed by atoms with Crippen LogP contribution in [-0.2, 0) is 16.2 Å². The molecule has 1 fully saturated rings. The maximum atomic E-state index is 15.2. The van der Waals surface area contributed by atoms with Crippen molar-refractivity contribution < 1.29 is 26.0 Å². The molecule has 0 amide bonds. The van der Waals surface area contributed by atoms with E-state index in [0.717, 1.165) is 28.2 Å². The van der Waals surface area contributed by atoms with Crippen molar-refractivity contribution in [2.45, 2.75) is 36.5 Å². The number of benzene rings is 2. The topological polar surface area (TPSA) is 102 Å². The monoisotopic (exact) mass is 598 g/mol. The quantitative estimate of drug-likeness (QED) is 0.241. The summed E-state index contributed by atoms with van der Waals surface area (Å²) in [5.41, 5.74) is -0.688. The van der Waals surface area contributed by atoms with Crippen molar-refractivity contribution in [1.82, 2.24) is 24.2 Å². The fraction of sp³-hybridized carbons (Fsp3) is 0.276. The summed E-state index contributed by atoms with van der Waals surface area (Å²) in [4.78, 5) is 13.0. The Morgan fingerprint density at radius 3 is 2.57 bits per heavy atom. The molecule has 1 saturated heterocycles. The van der Waals surface area contributed by atoms with E-state index in [1.165, 1.54) is 43.0 Å². The summed E-state index contributed by atoms with van der Waals surface area (Å²) in [5, 5.41) is 6.78. The molecule has 5 aromatic rings. The van der Waals surface area contributed by atoms with Crippen LogP contribution in [0.15, 0.2) is 72.1 Å². The van der Waals surface area contributed by atoms with Gasteiger partial charge in [-0.3, -0.25) is 4.98 Å². The number of hydrogen-bond donors (Lipinski definition) is 2. The number of fused-ring (bicyclic) bond motifs is 2. The minimum absolute atomic E-state index is 0.0136. The Morgan fingerprint density at radius 1 is 1.07 bits per heavy atom. The van der Waals surface area contributed by atoms with E-state index < -0.39 is 27.4 Å². The van der Waals surface area contributed by atoms with Crippen molar-refractivity contribution in [3.05, 3.63) is 78.4 Å². The summed E-state index contributed by atoms with van der Waals surface area (Å²) >= 11 is 0. The Morgan fingerprint density at radius 2 is 1.86 bits per heavy atom. The van der Waals surface area contributed by atoms with Gasteiger partial charge in [-0.05, 0) is 50.6 Å². The molecule has 0 aliphatic carbocycles. The Hall–Kier alpha value is -4.10. The van der Waals surface area contributed by atoms with Crippen LogP contribution in [0.3, 0.4) is 0 Å². The molecular formula is C29H26F4N6O2S. The second-order valence-electron chi connectivity index (χ2n) is 10.5. The number of anilines is 1. The molecule has 2 aromatic carbocycles. The molecule has 13 heteroatoms. The Bertz CT molecular complexity index is 1900. The van der Waals surface area contributed by atoms with Crippen LogP contribution >= 0.6 is 0 Å². The number of pyridine rings is 1. The first-order valence-electron chi connectivity index (χ1n) is 13.2. The Balaban J connectivity index is 1.50. The van der Waals surface area contributed by atoms with E-state index >= 15 is 4.39 Å². The second kappa shape index (κ2) is 10.3. The average molecular weight is 599 g/mol. The van der Waals surface area contributed by atoms with Gasteiger partial charge >= 0.3 is 6.18 Å². The third-order valence-electron chi connectivity index (χ3n) is 7.44. The smallest absolute Gasteiger partial charge is 0.351 e. The molecular weight excluding hydrogens is 572 g/mol. The highest BCUT2D eigenvalue weighted by molar-refractivity contribution is 7.90. The van der Waals surface area contributed by atoms with Crippen LogP contribution in [0.2, 0.25) is 0 Å². The van der Waals surface area contributed by atoms with Gasteiger partial charge in [-0.15, -0.1) is 0 Å². The van der Waals surface area contributed by atoms with Crippen molar-refractivity contribution in [1.29, 1.82) is 0 Å². The zero-order valence-electron chi connectivity index (χ0n) is 22.4. The highest BCUT2D eigenvalue weighted by atomic mass is 32.2. The van der Waals surface area contributed by atoms with Gasteiger partial charge in [-0.2, -0.15) is 13.2 Å². The fourth-order valence-corrected chi connectivity index (χ4v) is 6.53. The van der Waals surface area contributed by atoms with Gasteiger partial charge in [0, 0.05) is 53.2 Å². The number of piperidine rings is 1. The molecule has 0 spiro atoms. The lowest BCUT2D eigenvalue weighted by Crippen LogP contribution is -2.46. The predicted molar refractivity (Wildman–Crippen MR) is 151 cm³/mol. The summed E-state index contributed by atoms with van der Waals surface area (Å²) in [6.45, 7) is 2.75. The molecule has 1 aliphatic heterocycles. The van der Waals surface area contributed by atoms with Gasteiger partial charge < -0.3 is 10.6 Å². The van der Waals surface area contributed by atoms with Crippen LogP contribution in [0.25, 0.3) is 32.9 Å². The maximum absolute atomic E-state index is 15.2. The van der Waals surface area contributed by atoms with Gasteiger partial charge in [0.2, 0.25) is 5.95 Å². The van der Waals surface area contributed by atoms with E-state index in [2.05, 4.69) is 25.6 Å². The molecule has 2 N–H and O–H groups in total. The van der Waals surface area contributed by atoms with Gasteiger partial charge in [0.15, 0.2) is 0 Å². The van der Waals surface area contributed by atoms with Gasteiger partial charge in [-0.1, -0.05) is 23.8 Å². The zero-order valence-corrected chi connectivity index (χ0v) is 23.2. The van der Waals surface area contributed by atoms with Crippen LogP contribution in [-0.4, -0.2) is 52.6 Å². The Kier molecular flexibility index (Phi) is 6.89. The van der Waals surface area contributed by atoms with E-state index in [0.29, 0.717) is 34.9 Å². The SMILES string of the molecule is Cc1ccc(S(=O)(=O)n2cc(-c3cncc4cnc(NC[C@]5(F)CCCNC5)nc34)c3ccc(C(F)(F)F)cc32)cc1. The minimum Gasteiger partial charge on any atom is -0.351 e. The number of rotatable bonds is 6. The second-order valence-corrected chi connectivity index (χ2v) is 12.3. The van der Waals surface area contributed by atoms with Gasteiger partial charge in [0.25, 0.3) is 10.0 Å². The van der Waals surface area contributed by atoms with Gasteiger partial charge in [0.1, 0.15) is 5.67 Å². The maximum Gasteiger partial charge on any atom is 0.416 e. The van der Waals surface area contributed by atoms with Crippen LogP contribution in [0.5, 0.6) is 0 Å². The van der Waals surface area contributed by atoms with Crippen LogP contribution in [0, 0.1) is 6.92 Å². The highest BCUT2D eigenvalue weighted by Crippen LogP contribution is 2.39. The first-order chi connectivity index (χ1) is 19.9. The first kappa shape index (κ1) is 28.0. The number of nitrogens with one attached hydrogen (secondary N) is 2. The normalized spacial score (nSPS) is 18.0. The molecule has 0 radical (unpaired) electrons. The minimum atomic E-state index is -4.69. The molecule has 1 aliphatic rings. The molecule has 8 nitrogen and oxygen atoms in total. The number of aryl methyl sites for hydroxylation is 1. The lowest BCUT2D eigenvalue weighted by molar-refractivity contribution is -0.137. The summed E-state index contributed by atoms with van der Waals surface area (Å²) in [6, 6.07) is 9.04. The molecule has 1 atom stereocenters. The summed E-state index contributed by atoms with van der Waals surface area (Å²) in [7, 11) is -4.28. The molecule has 218 valence electrons. The van der Waals surface area contributed by atoms with Crippen LogP contribution < -0.4 is 10.6 Å². The predicted octanol–water partition coefficient (Wildman–Crippen LogP) is 5.71. The van der Waals surface area contributed by atoms with Gasteiger partial charge in [-0.25, -0.2) is 26.7 Å². The summed E-state index contributed by atoms with van der Waals surface area (Å²) < 4.78 is 84.6. The standard InChI is InChI=1S/C29H26F4N6O2S/c1-18-3-6-21(7-4-18)42(40,41)39-15-24(22-8-5-20(11-25(22)39)29(31,32)33)23-14-35-12-19-13-36-27(38-26(19)23)37-17-28(30)9-2-10-34-16-28/h3-8,11-15,34H,2,9-10,16-17H2,1H3,(H,36,37,38)/t28-/m0/s1. The summed E-state index contributed by atoms with van der Waals surface area (Å²) in [6.07, 6.45) is 2.20. The third kappa shape index (κ3) is 5.18. The largest absolute Gasteiger partial charge is 0.416 e. The first-order valence-corrected chi connectivity index (χ1v) is 14.7. The van der Waals surface area contributed by atoms with E-state index in [9.17, 15) is 21.6 Å².